The summed E-state index contributed by atoms with van der Waals surface area (Å²) in [5, 5.41) is 15.1. The topological polar surface area (TPSA) is 64.5 Å². The number of nitrogens with zero attached hydrogens (tertiary/aromatic N) is 2. The zero-order valence-corrected chi connectivity index (χ0v) is 14.8. The molecule has 0 bridgehead atoms. The molecule has 124 valence electrons. The Bertz CT molecular complexity index is 1080. The Morgan fingerprint density at radius 1 is 1.28 bits per heavy atom. The summed E-state index contributed by atoms with van der Waals surface area (Å²) in [5.74, 6) is 0. The number of aromatic amines is 1. The molecule has 0 saturated carbocycles. The smallest absolute Gasteiger partial charge is 0.125 e. The van der Waals surface area contributed by atoms with E-state index < -0.39 is 0 Å². The van der Waals surface area contributed by atoms with Gasteiger partial charge < -0.3 is 10.3 Å². The minimum atomic E-state index is 0.571. The molecule has 0 aliphatic heterocycles. The third kappa shape index (κ3) is 2.97. The van der Waals surface area contributed by atoms with E-state index in [0.717, 1.165) is 38.9 Å². The molecule has 0 spiro atoms. The van der Waals surface area contributed by atoms with E-state index in [2.05, 4.69) is 40.4 Å². The molecule has 3 heterocycles. The van der Waals surface area contributed by atoms with Crippen LogP contribution in [0.4, 0.5) is 11.4 Å². The maximum Gasteiger partial charge on any atom is 0.125 e. The van der Waals surface area contributed by atoms with Crippen LogP contribution in [0.1, 0.15) is 30.2 Å². The Hall–Kier alpha value is -2.84. The zero-order valence-electron chi connectivity index (χ0n) is 14.0. The maximum absolute atomic E-state index is 9.51. The molecule has 0 fully saturated rings. The van der Waals surface area contributed by atoms with Crippen LogP contribution in [0.25, 0.3) is 21.1 Å². The first-order chi connectivity index (χ1) is 12.3. The molecule has 0 unspecified atom stereocenters. The minimum Gasteiger partial charge on any atom is -0.361 e. The number of benzene rings is 1. The summed E-state index contributed by atoms with van der Waals surface area (Å²) in [6.45, 7) is 2.20. The van der Waals surface area contributed by atoms with Crippen LogP contribution < -0.4 is 5.32 Å². The number of hydrogen-bond donors (Lipinski definition) is 2. The SMILES string of the molecule is CCCCc1cc2c(Nc3ccc4[nH]ccc4c3)c(C#N)cnc2s1. The van der Waals surface area contributed by atoms with Crippen LogP contribution in [0.15, 0.2) is 42.7 Å². The summed E-state index contributed by atoms with van der Waals surface area (Å²) in [4.78, 5) is 9.98. The van der Waals surface area contributed by atoms with Gasteiger partial charge in [0.2, 0.25) is 0 Å². The van der Waals surface area contributed by atoms with Crippen LogP contribution in [0.5, 0.6) is 0 Å². The van der Waals surface area contributed by atoms with Crippen LogP contribution in [0.3, 0.4) is 0 Å². The first kappa shape index (κ1) is 15.7. The molecule has 0 amide bonds. The number of fused-ring (bicyclic) bond motifs is 2. The van der Waals surface area contributed by atoms with E-state index in [9.17, 15) is 5.26 Å². The number of pyridine rings is 1. The highest BCUT2D eigenvalue weighted by Crippen LogP contribution is 2.35. The molecule has 1 aromatic carbocycles. The number of thiophene rings is 1. The van der Waals surface area contributed by atoms with Crippen molar-refractivity contribution in [2.24, 2.45) is 0 Å². The number of aromatic nitrogens is 2. The summed E-state index contributed by atoms with van der Waals surface area (Å²) in [5.41, 5.74) is 3.49. The standard InChI is InChI=1S/C20H18N4S/c1-2-3-4-16-10-17-19(14(11-21)12-23-20(17)25-16)24-15-5-6-18-13(9-15)7-8-22-18/h5-10,12,22H,2-4H2,1H3,(H,23,24). The molecule has 2 N–H and O–H groups in total. The van der Waals surface area contributed by atoms with E-state index in [0.29, 0.717) is 5.56 Å². The van der Waals surface area contributed by atoms with Crippen molar-refractivity contribution in [1.29, 1.82) is 5.26 Å². The van der Waals surface area contributed by atoms with Crippen molar-refractivity contribution >= 4 is 43.8 Å². The summed E-state index contributed by atoms with van der Waals surface area (Å²) in [6.07, 6.45) is 7.00. The van der Waals surface area contributed by atoms with E-state index in [1.165, 1.54) is 17.7 Å². The molecule has 4 nitrogen and oxygen atoms in total. The van der Waals surface area contributed by atoms with Crippen molar-refractivity contribution in [3.05, 3.63) is 53.2 Å². The van der Waals surface area contributed by atoms with Crippen molar-refractivity contribution in [2.45, 2.75) is 26.2 Å². The average Bonchev–Trinajstić information content (AvgIpc) is 3.26. The van der Waals surface area contributed by atoms with Crippen LogP contribution in [0, 0.1) is 11.3 Å². The quantitative estimate of drug-likeness (QED) is 0.484. The van der Waals surface area contributed by atoms with E-state index >= 15 is 0 Å². The van der Waals surface area contributed by atoms with Gasteiger partial charge in [0.15, 0.2) is 0 Å². The number of rotatable bonds is 5. The summed E-state index contributed by atoms with van der Waals surface area (Å²) in [6, 6.07) is 12.6. The minimum absolute atomic E-state index is 0.571. The molecule has 0 aliphatic rings. The van der Waals surface area contributed by atoms with Crippen molar-refractivity contribution in [3.63, 3.8) is 0 Å². The second-order valence-electron chi connectivity index (χ2n) is 6.10. The molecule has 0 radical (unpaired) electrons. The maximum atomic E-state index is 9.51. The molecule has 0 aliphatic carbocycles. The van der Waals surface area contributed by atoms with Crippen molar-refractivity contribution in [1.82, 2.24) is 9.97 Å². The predicted molar refractivity (Wildman–Crippen MR) is 105 cm³/mol. The highest BCUT2D eigenvalue weighted by Gasteiger charge is 2.13. The molecular formula is C20H18N4S. The normalized spacial score (nSPS) is 11.0. The molecule has 5 heteroatoms. The first-order valence-electron chi connectivity index (χ1n) is 8.44. The number of nitriles is 1. The van der Waals surface area contributed by atoms with Crippen LogP contribution in [-0.2, 0) is 6.42 Å². The summed E-state index contributed by atoms with van der Waals surface area (Å²) >= 11 is 1.72. The lowest BCUT2D eigenvalue weighted by atomic mass is 10.1. The lowest BCUT2D eigenvalue weighted by molar-refractivity contribution is 0.804. The molecule has 0 atom stereocenters. The van der Waals surface area contributed by atoms with Gasteiger partial charge in [-0.25, -0.2) is 4.98 Å². The van der Waals surface area contributed by atoms with Crippen molar-refractivity contribution in [2.75, 3.05) is 5.32 Å². The third-order valence-electron chi connectivity index (χ3n) is 4.33. The molecule has 3 aromatic heterocycles. The zero-order chi connectivity index (χ0) is 17.2. The fraction of sp³-hybridized carbons (Fsp3) is 0.200. The predicted octanol–water partition coefficient (Wildman–Crippen LogP) is 5.74. The first-order valence-corrected chi connectivity index (χ1v) is 9.26. The lowest BCUT2D eigenvalue weighted by Crippen LogP contribution is -1.95. The Morgan fingerprint density at radius 3 is 3.04 bits per heavy atom. The fourth-order valence-electron chi connectivity index (χ4n) is 3.01. The van der Waals surface area contributed by atoms with Gasteiger partial charge >= 0.3 is 0 Å². The van der Waals surface area contributed by atoms with Gasteiger partial charge in [-0.1, -0.05) is 13.3 Å². The summed E-state index contributed by atoms with van der Waals surface area (Å²) in [7, 11) is 0. The lowest BCUT2D eigenvalue weighted by Gasteiger charge is -2.09. The second-order valence-corrected chi connectivity index (χ2v) is 7.21. The van der Waals surface area contributed by atoms with Gasteiger partial charge in [-0.15, -0.1) is 11.3 Å². The van der Waals surface area contributed by atoms with Gasteiger partial charge in [-0.3, -0.25) is 0 Å². The van der Waals surface area contributed by atoms with E-state index in [1.54, 1.807) is 17.5 Å². The molecule has 4 rings (SSSR count). The number of H-pyrrole nitrogens is 1. The molecule has 0 saturated heterocycles. The second kappa shape index (κ2) is 6.58. The third-order valence-corrected chi connectivity index (χ3v) is 5.44. The Kier molecular flexibility index (Phi) is 4.12. The number of nitrogens with one attached hydrogen (secondary N) is 2. The highest BCUT2D eigenvalue weighted by atomic mass is 32.1. The van der Waals surface area contributed by atoms with Gasteiger partial charge in [0.1, 0.15) is 10.9 Å². The van der Waals surface area contributed by atoms with Gasteiger partial charge in [0.25, 0.3) is 0 Å². The highest BCUT2D eigenvalue weighted by molar-refractivity contribution is 7.18. The summed E-state index contributed by atoms with van der Waals surface area (Å²) < 4.78 is 0. The van der Waals surface area contributed by atoms with E-state index in [1.807, 2.05) is 24.4 Å². The van der Waals surface area contributed by atoms with E-state index in [-0.39, 0.29) is 0 Å². The Balaban J connectivity index is 1.77. The van der Waals surface area contributed by atoms with Crippen molar-refractivity contribution < 1.29 is 0 Å². The number of aryl methyl sites for hydroxylation is 1. The monoisotopic (exact) mass is 346 g/mol. The Labute approximate surface area is 150 Å². The van der Waals surface area contributed by atoms with Crippen LogP contribution >= 0.6 is 11.3 Å². The molecule has 25 heavy (non-hydrogen) atoms. The van der Waals surface area contributed by atoms with Gasteiger partial charge in [0, 0.05) is 39.2 Å². The largest absolute Gasteiger partial charge is 0.361 e. The number of anilines is 2. The van der Waals surface area contributed by atoms with Crippen LogP contribution in [-0.4, -0.2) is 9.97 Å². The number of unbranched alkanes of at least 4 members (excludes halogenated alkanes) is 1. The van der Waals surface area contributed by atoms with E-state index in [4.69, 9.17) is 0 Å². The van der Waals surface area contributed by atoms with Crippen LogP contribution in [0.2, 0.25) is 0 Å². The average molecular weight is 346 g/mol. The van der Waals surface area contributed by atoms with Gasteiger partial charge in [0.05, 0.1) is 11.3 Å². The van der Waals surface area contributed by atoms with Crippen molar-refractivity contribution in [3.8, 4) is 6.07 Å². The fourth-order valence-corrected chi connectivity index (χ4v) is 4.06. The van der Waals surface area contributed by atoms with Gasteiger partial charge in [-0.2, -0.15) is 5.26 Å². The van der Waals surface area contributed by atoms with Gasteiger partial charge in [-0.05, 0) is 43.2 Å². The Morgan fingerprint density at radius 2 is 2.20 bits per heavy atom. The molecule has 4 aromatic rings. The number of hydrogen-bond acceptors (Lipinski definition) is 4. The molecular weight excluding hydrogens is 328 g/mol.